The first-order valence-corrected chi connectivity index (χ1v) is 9.28. The van der Waals surface area contributed by atoms with Crippen molar-refractivity contribution < 1.29 is 9.59 Å². The van der Waals surface area contributed by atoms with Gasteiger partial charge >= 0.3 is 0 Å². The molecule has 0 unspecified atom stereocenters. The van der Waals surface area contributed by atoms with Crippen LogP contribution in [-0.2, 0) is 22.6 Å². The molecule has 2 N–H and O–H groups in total. The van der Waals surface area contributed by atoms with Crippen LogP contribution in [0.3, 0.4) is 0 Å². The zero-order chi connectivity index (χ0) is 18.8. The lowest BCUT2D eigenvalue weighted by Gasteiger charge is -2.08. The zero-order valence-corrected chi connectivity index (χ0v) is 15.7. The number of rotatable bonds is 9. The van der Waals surface area contributed by atoms with E-state index in [9.17, 15) is 9.59 Å². The quantitative estimate of drug-likeness (QED) is 0.704. The van der Waals surface area contributed by atoms with Crippen molar-refractivity contribution in [1.29, 1.82) is 0 Å². The average molecular weight is 352 g/mol. The van der Waals surface area contributed by atoms with Crippen molar-refractivity contribution in [3.63, 3.8) is 0 Å². The van der Waals surface area contributed by atoms with Gasteiger partial charge in [0.1, 0.15) is 0 Å². The van der Waals surface area contributed by atoms with Crippen LogP contribution in [0.25, 0.3) is 0 Å². The lowest BCUT2D eigenvalue weighted by Crippen LogP contribution is -2.22. The van der Waals surface area contributed by atoms with Crippen molar-refractivity contribution in [2.24, 2.45) is 0 Å². The van der Waals surface area contributed by atoms with Gasteiger partial charge in [-0.05, 0) is 49.4 Å². The fourth-order valence-electron chi connectivity index (χ4n) is 2.65. The summed E-state index contributed by atoms with van der Waals surface area (Å²) in [6.45, 7) is 4.56. The summed E-state index contributed by atoms with van der Waals surface area (Å²) in [5.41, 5.74) is 4.33. The Balaban J connectivity index is 1.68. The molecule has 26 heavy (non-hydrogen) atoms. The molecule has 0 atom stereocenters. The Kier molecular flexibility index (Phi) is 7.87. The molecule has 0 aromatic heterocycles. The van der Waals surface area contributed by atoms with Crippen molar-refractivity contribution in [2.75, 3.05) is 5.32 Å². The third kappa shape index (κ3) is 7.09. The summed E-state index contributed by atoms with van der Waals surface area (Å²) in [5.74, 6) is 0.0968. The zero-order valence-electron chi connectivity index (χ0n) is 15.7. The lowest BCUT2D eigenvalue weighted by atomic mass is 10.1. The molecule has 0 fully saturated rings. The van der Waals surface area contributed by atoms with Gasteiger partial charge in [0, 0.05) is 25.1 Å². The first-order valence-electron chi connectivity index (χ1n) is 9.28. The number of carbonyl (C=O) groups excluding carboxylic acids is 2. The number of nitrogens with one attached hydrogen (secondary N) is 2. The maximum absolute atomic E-state index is 12.0. The van der Waals surface area contributed by atoms with Crippen LogP contribution in [-0.4, -0.2) is 11.8 Å². The predicted octanol–water partition coefficient (Wildman–Crippen LogP) is 4.37. The lowest BCUT2D eigenvalue weighted by molar-refractivity contribution is -0.121. The molecule has 0 heterocycles. The van der Waals surface area contributed by atoms with Crippen LogP contribution in [0, 0.1) is 6.92 Å². The van der Waals surface area contributed by atoms with Gasteiger partial charge in [0.25, 0.3) is 0 Å². The largest absolute Gasteiger partial charge is 0.352 e. The topological polar surface area (TPSA) is 58.2 Å². The molecule has 0 aliphatic heterocycles. The molecule has 0 spiro atoms. The number of benzene rings is 2. The summed E-state index contributed by atoms with van der Waals surface area (Å²) in [4.78, 5) is 23.5. The van der Waals surface area contributed by atoms with Crippen molar-refractivity contribution in [3.8, 4) is 0 Å². The predicted molar refractivity (Wildman–Crippen MR) is 106 cm³/mol. The van der Waals surface area contributed by atoms with Gasteiger partial charge in [-0.15, -0.1) is 0 Å². The second-order valence-corrected chi connectivity index (χ2v) is 6.61. The highest BCUT2D eigenvalue weighted by atomic mass is 16.2. The van der Waals surface area contributed by atoms with E-state index < -0.39 is 0 Å². The van der Waals surface area contributed by atoms with Crippen LogP contribution in [0.15, 0.2) is 48.5 Å². The molecule has 2 aromatic carbocycles. The van der Waals surface area contributed by atoms with Crippen LogP contribution in [0.5, 0.6) is 0 Å². The van der Waals surface area contributed by atoms with Gasteiger partial charge in [-0.1, -0.05) is 48.9 Å². The molecule has 138 valence electrons. The van der Waals surface area contributed by atoms with E-state index in [0.29, 0.717) is 19.4 Å². The Hall–Kier alpha value is -2.62. The fourth-order valence-corrected chi connectivity index (χ4v) is 2.65. The number of carbonyl (C=O) groups is 2. The van der Waals surface area contributed by atoms with E-state index in [1.54, 1.807) is 0 Å². The minimum Gasteiger partial charge on any atom is -0.352 e. The molecule has 4 heteroatoms. The average Bonchev–Trinajstić information content (AvgIpc) is 2.63. The normalized spacial score (nSPS) is 10.4. The number of aryl methyl sites for hydroxylation is 2. The molecule has 0 radical (unpaired) electrons. The Morgan fingerprint density at radius 2 is 1.50 bits per heavy atom. The van der Waals surface area contributed by atoms with Crippen LogP contribution >= 0.6 is 0 Å². The van der Waals surface area contributed by atoms with Crippen molar-refractivity contribution in [1.82, 2.24) is 5.32 Å². The molecule has 0 saturated carbocycles. The summed E-state index contributed by atoms with van der Waals surface area (Å²) in [5, 5.41) is 5.80. The van der Waals surface area contributed by atoms with E-state index in [-0.39, 0.29) is 11.8 Å². The van der Waals surface area contributed by atoms with Gasteiger partial charge in [-0.2, -0.15) is 0 Å². The van der Waals surface area contributed by atoms with Crippen LogP contribution in [0.4, 0.5) is 5.69 Å². The highest BCUT2D eigenvalue weighted by Gasteiger charge is 2.04. The molecule has 2 aromatic rings. The molecule has 0 aliphatic carbocycles. The van der Waals surface area contributed by atoms with E-state index in [2.05, 4.69) is 41.8 Å². The molecule has 2 rings (SSSR count). The number of hydrogen-bond donors (Lipinski definition) is 2. The van der Waals surface area contributed by atoms with Crippen LogP contribution < -0.4 is 10.6 Å². The maximum Gasteiger partial charge on any atom is 0.224 e. The standard InChI is InChI=1S/C22H28N2O2/c1-3-5-22(26)24-20-14-12-19(13-15-20)16-23-21(25)7-4-6-18-10-8-17(2)9-11-18/h8-15H,3-7,16H2,1-2H3,(H,23,25)(H,24,26). The molecule has 0 saturated heterocycles. The monoisotopic (exact) mass is 352 g/mol. The summed E-state index contributed by atoms with van der Waals surface area (Å²) in [6.07, 6.45) is 3.65. The first kappa shape index (κ1) is 19.7. The maximum atomic E-state index is 12.0. The van der Waals surface area contributed by atoms with Crippen molar-refractivity contribution in [2.45, 2.75) is 52.5 Å². The summed E-state index contributed by atoms with van der Waals surface area (Å²) < 4.78 is 0. The highest BCUT2D eigenvalue weighted by Crippen LogP contribution is 2.11. The van der Waals surface area contributed by atoms with Gasteiger partial charge in [0.05, 0.1) is 0 Å². The summed E-state index contributed by atoms with van der Waals surface area (Å²) in [7, 11) is 0. The Morgan fingerprint density at radius 1 is 0.846 bits per heavy atom. The molecule has 4 nitrogen and oxygen atoms in total. The minimum atomic E-state index is 0.0297. The van der Waals surface area contributed by atoms with Gasteiger partial charge in [0.15, 0.2) is 0 Å². The molecule has 0 aliphatic rings. The Bertz CT molecular complexity index is 706. The molecule has 0 bridgehead atoms. The second-order valence-electron chi connectivity index (χ2n) is 6.61. The van der Waals surface area contributed by atoms with E-state index in [1.807, 2.05) is 31.2 Å². The number of anilines is 1. The van der Waals surface area contributed by atoms with Gasteiger partial charge in [-0.25, -0.2) is 0 Å². The molecular formula is C22H28N2O2. The summed E-state index contributed by atoms with van der Waals surface area (Å²) >= 11 is 0. The third-order valence-electron chi connectivity index (χ3n) is 4.19. The van der Waals surface area contributed by atoms with E-state index >= 15 is 0 Å². The second kappa shape index (κ2) is 10.4. The third-order valence-corrected chi connectivity index (χ3v) is 4.19. The van der Waals surface area contributed by atoms with Crippen LogP contribution in [0.2, 0.25) is 0 Å². The van der Waals surface area contributed by atoms with Gasteiger partial charge in [-0.3, -0.25) is 9.59 Å². The van der Waals surface area contributed by atoms with Crippen LogP contribution in [0.1, 0.15) is 49.3 Å². The Labute approximate surface area is 156 Å². The number of hydrogen-bond acceptors (Lipinski definition) is 2. The van der Waals surface area contributed by atoms with E-state index in [0.717, 1.165) is 30.5 Å². The molecular weight excluding hydrogens is 324 g/mol. The smallest absolute Gasteiger partial charge is 0.224 e. The van der Waals surface area contributed by atoms with E-state index in [1.165, 1.54) is 11.1 Å². The fraction of sp³-hybridized carbons (Fsp3) is 0.364. The van der Waals surface area contributed by atoms with Crippen molar-refractivity contribution >= 4 is 17.5 Å². The minimum absolute atomic E-state index is 0.0297. The van der Waals surface area contributed by atoms with Crippen molar-refractivity contribution in [3.05, 3.63) is 65.2 Å². The van der Waals surface area contributed by atoms with E-state index in [4.69, 9.17) is 0 Å². The van der Waals surface area contributed by atoms with Gasteiger partial charge in [0.2, 0.25) is 11.8 Å². The number of amides is 2. The Morgan fingerprint density at radius 3 is 2.15 bits per heavy atom. The summed E-state index contributed by atoms with van der Waals surface area (Å²) in [6, 6.07) is 16.0. The van der Waals surface area contributed by atoms with Gasteiger partial charge < -0.3 is 10.6 Å². The molecule has 2 amide bonds. The highest BCUT2D eigenvalue weighted by molar-refractivity contribution is 5.90. The SMILES string of the molecule is CCCC(=O)Nc1ccc(CNC(=O)CCCc2ccc(C)cc2)cc1. The first-order chi connectivity index (χ1) is 12.6.